The van der Waals surface area contributed by atoms with Crippen LogP contribution in [0.2, 0.25) is 0 Å². The summed E-state index contributed by atoms with van der Waals surface area (Å²) in [7, 11) is 3.13. The molecule has 0 radical (unpaired) electrons. The van der Waals surface area contributed by atoms with Crippen LogP contribution in [0, 0.1) is 3.57 Å². The fourth-order valence-corrected chi connectivity index (χ4v) is 2.62. The Hall–Kier alpha value is -1.87. The molecular formula is C16H15IN2O3S. The second-order valence-corrected chi connectivity index (χ2v) is 6.14. The lowest BCUT2D eigenvalue weighted by Gasteiger charge is -2.14. The zero-order valence-corrected chi connectivity index (χ0v) is 15.5. The van der Waals surface area contributed by atoms with Gasteiger partial charge in [0, 0.05) is 15.2 Å². The summed E-state index contributed by atoms with van der Waals surface area (Å²) in [6, 6.07) is 12.5. The van der Waals surface area contributed by atoms with Gasteiger partial charge in [-0.3, -0.25) is 10.1 Å². The van der Waals surface area contributed by atoms with Crippen molar-refractivity contribution in [2.75, 3.05) is 19.5 Å². The Kier molecular flexibility index (Phi) is 6.17. The first-order valence-electron chi connectivity index (χ1n) is 6.63. The van der Waals surface area contributed by atoms with Gasteiger partial charge in [-0.05, 0) is 65.1 Å². The number of halogens is 1. The average molecular weight is 442 g/mol. The molecule has 2 aromatic carbocycles. The fraction of sp³-hybridized carbons (Fsp3) is 0.125. The minimum absolute atomic E-state index is 0.181. The smallest absolute Gasteiger partial charge is 0.257 e. The van der Waals surface area contributed by atoms with Gasteiger partial charge in [0.25, 0.3) is 5.91 Å². The van der Waals surface area contributed by atoms with E-state index in [0.717, 1.165) is 3.57 Å². The molecule has 0 aliphatic rings. The molecule has 5 nitrogen and oxygen atoms in total. The summed E-state index contributed by atoms with van der Waals surface area (Å²) in [5.41, 5.74) is 1.15. The van der Waals surface area contributed by atoms with Crippen LogP contribution in [-0.2, 0) is 0 Å². The highest BCUT2D eigenvalue weighted by molar-refractivity contribution is 14.1. The van der Waals surface area contributed by atoms with Crippen molar-refractivity contribution in [3.63, 3.8) is 0 Å². The van der Waals surface area contributed by atoms with Crippen LogP contribution < -0.4 is 20.1 Å². The SMILES string of the molecule is COc1ccc(OC)c(NC(=S)NC(=O)c2cccc(I)c2)c1. The minimum Gasteiger partial charge on any atom is -0.497 e. The first-order valence-corrected chi connectivity index (χ1v) is 8.12. The van der Waals surface area contributed by atoms with Crippen LogP contribution in [0.4, 0.5) is 5.69 Å². The summed E-state index contributed by atoms with van der Waals surface area (Å²) >= 11 is 7.34. The molecule has 0 fully saturated rings. The van der Waals surface area contributed by atoms with Gasteiger partial charge < -0.3 is 14.8 Å². The van der Waals surface area contributed by atoms with Crippen molar-refractivity contribution in [2.24, 2.45) is 0 Å². The number of hydrogen-bond donors (Lipinski definition) is 2. The predicted molar refractivity (Wildman–Crippen MR) is 102 cm³/mol. The van der Waals surface area contributed by atoms with Crippen molar-refractivity contribution >= 4 is 51.5 Å². The van der Waals surface area contributed by atoms with Crippen LogP contribution in [0.25, 0.3) is 0 Å². The molecule has 2 N–H and O–H groups in total. The largest absolute Gasteiger partial charge is 0.497 e. The van der Waals surface area contributed by atoms with Gasteiger partial charge in [0.05, 0.1) is 19.9 Å². The third-order valence-corrected chi connectivity index (χ3v) is 3.84. The van der Waals surface area contributed by atoms with Crippen LogP contribution in [-0.4, -0.2) is 25.2 Å². The number of ether oxygens (including phenoxy) is 2. The standard InChI is InChI=1S/C16H15IN2O3S/c1-21-12-6-7-14(22-2)13(9-12)18-16(23)19-15(20)10-4-3-5-11(17)8-10/h3-9H,1-2H3,(H2,18,19,20,23). The van der Waals surface area contributed by atoms with Gasteiger partial charge in [0.15, 0.2) is 5.11 Å². The van der Waals surface area contributed by atoms with E-state index in [1.807, 2.05) is 12.1 Å². The van der Waals surface area contributed by atoms with E-state index in [4.69, 9.17) is 21.7 Å². The lowest BCUT2D eigenvalue weighted by molar-refractivity contribution is 0.0977. The fourth-order valence-electron chi connectivity index (χ4n) is 1.87. The average Bonchev–Trinajstić information content (AvgIpc) is 2.54. The summed E-state index contributed by atoms with van der Waals surface area (Å²) in [5, 5.41) is 5.77. The van der Waals surface area contributed by atoms with Gasteiger partial charge in [-0.2, -0.15) is 0 Å². The monoisotopic (exact) mass is 442 g/mol. The van der Waals surface area contributed by atoms with E-state index in [-0.39, 0.29) is 11.0 Å². The van der Waals surface area contributed by atoms with Gasteiger partial charge in [-0.15, -0.1) is 0 Å². The van der Waals surface area contributed by atoms with E-state index < -0.39 is 0 Å². The first kappa shape index (κ1) is 17.5. The van der Waals surface area contributed by atoms with E-state index in [0.29, 0.717) is 22.7 Å². The number of rotatable bonds is 4. The highest BCUT2D eigenvalue weighted by Crippen LogP contribution is 2.28. The van der Waals surface area contributed by atoms with Crippen molar-refractivity contribution in [3.05, 3.63) is 51.6 Å². The number of hydrogen-bond acceptors (Lipinski definition) is 4. The van der Waals surface area contributed by atoms with Gasteiger partial charge in [-0.1, -0.05) is 6.07 Å². The Bertz CT molecular complexity index is 737. The molecule has 120 valence electrons. The maximum absolute atomic E-state index is 12.2. The van der Waals surface area contributed by atoms with Crippen LogP contribution in [0.1, 0.15) is 10.4 Å². The number of amides is 1. The van der Waals surface area contributed by atoms with Crippen LogP contribution in [0.5, 0.6) is 11.5 Å². The summed E-state index contributed by atoms with van der Waals surface area (Å²) in [6.07, 6.45) is 0. The van der Waals surface area contributed by atoms with Crippen LogP contribution >= 0.6 is 34.8 Å². The Morgan fingerprint density at radius 1 is 1.13 bits per heavy atom. The minimum atomic E-state index is -0.275. The molecule has 0 saturated carbocycles. The molecule has 2 aromatic rings. The second kappa shape index (κ2) is 8.11. The zero-order chi connectivity index (χ0) is 16.8. The van der Waals surface area contributed by atoms with Crippen LogP contribution in [0.15, 0.2) is 42.5 Å². The molecule has 0 heterocycles. The van der Waals surface area contributed by atoms with Gasteiger partial charge in [0.2, 0.25) is 0 Å². The Labute approximate surface area is 153 Å². The highest BCUT2D eigenvalue weighted by atomic mass is 127. The van der Waals surface area contributed by atoms with E-state index in [9.17, 15) is 4.79 Å². The van der Waals surface area contributed by atoms with Crippen molar-refractivity contribution in [3.8, 4) is 11.5 Å². The number of benzene rings is 2. The number of thiocarbonyl (C=S) groups is 1. The molecule has 0 aromatic heterocycles. The quantitative estimate of drug-likeness (QED) is 0.562. The van der Waals surface area contributed by atoms with E-state index in [2.05, 4.69) is 33.2 Å². The van der Waals surface area contributed by atoms with Crippen molar-refractivity contribution in [1.82, 2.24) is 5.32 Å². The molecule has 0 aliphatic heterocycles. The zero-order valence-electron chi connectivity index (χ0n) is 12.6. The molecule has 0 unspecified atom stereocenters. The molecule has 0 atom stereocenters. The lowest BCUT2D eigenvalue weighted by atomic mass is 10.2. The number of anilines is 1. The van der Waals surface area contributed by atoms with Crippen LogP contribution in [0.3, 0.4) is 0 Å². The molecular weight excluding hydrogens is 427 g/mol. The molecule has 23 heavy (non-hydrogen) atoms. The van der Waals surface area contributed by atoms with Gasteiger partial charge >= 0.3 is 0 Å². The number of nitrogens with one attached hydrogen (secondary N) is 2. The van der Waals surface area contributed by atoms with E-state index >= 15 is 0 Å². The molecule has 1 amide bonds. The van der Waals surface area contributed by atoms with Crippen molar-refractivity contribution < 1.29 is 14.3 Å². The van der Waals surface area contributed by atoms with E-state index in [1.54, 1.807) is 44.6 Å². The summed E-state index contributed by atoms with van der Waals surface area (Å²) in [6.45, 7) is 0. The highest BCUT2D eigenvalue weighted by Gasteiger charge is 2.11. The molecule has 0 aliphatic carbocycles. The second-order valence-electron chi connectivity index (χ2n) is 4.48. The first-order chi connectivity index (χ1) is 11.0. The molecule has 0 spiro atoms. The normalized spacial score (nSPS) is 9.87. The number of carbonyl (C=O) groups is 1. The predicted octanol–water partition coefficient (Wildman–Crippen LogP) is 3.44. The van der Waals surface area contributed by atoms with Crippen molar-refractivity contribution in [2.45, 2.75) is 0 Å². The summed E-state index contributed by atoms with van der Waals surface area (Å²) < 4.78 is 11.4. The topological polar surface area (TPSA) is 59.6 Å². The molecule has 0 saturated heterocycles. The maximum Gasteiger partial charge on any atom is 0.257 e. The summed E-state index contributed by atoms with van der Waals surface area (Å²) in [5.74, 6) is 0.972. The van der Waals surface area contributed by atoms with Gasteiger partial charge in [0.1, 0.15) is 11.5 Å². The molecule has 2 rings (SSSR count). The van der Waals surface area contributed by atoms with Gasteiger partial charge in [-0.25, -0.2) is 0 Å². The molecule has 0 bridgehead atoms. The summed E-state index contributed by atoms with van der Waals surface area (Å²) in [4.78, 5) is 12.2. The number of methoxy groups -OCH3 is 2. The van der Waals surface area contributed by atoms with Crippen molar-refractivity contribution in [1.29, 1.82) is 0 Å². The Morgan fingerprint density at radius 3 is 2.57 bits per heavy atom. The molecule has 7 heteroatoms. The maximum atomic E-state index is 12.2. The Morgan fingerprint density at radius 2 is 1.91 bits per heavy atom. The Balaban J connectivity index is 2.09. The third kappa shape index (κ3) is 4.80. The number of carbonyl (C=O) groups excluding carboxylic acids is 1. The lowest BCUT2D eigenvalue weighted by Crippen LogP contribution is -2.34. The van der Waals surface area contributed by atoms with E-state index in [1.165, 1.54) is 0 Å². The third-order valence-electron chi connectivity index (χ3n) is 2.97.